The number of unbranched alkanes of at least 4 members (excludes halogenated alkanes) is 10. The molecule has 0 spiro atoms. The Balaban J connectivity index is 3.30. The molecule has 0 amide bonds. The predicted octanol–water partition coefficient (Wildman–Crippen LogP) is 7.07. The summed E-state index contributed by atoms with van der Waals surface area (Å²) in [6.07, 6.45) is 18.2. The van der Waals surface area contributed by atoms with E-state index in [2.05, 4.69) is 13.8 Å². The molecule has 0 bridgehead atoms. The third-order valence-corrected chi connectivity index (χ3v) is 4.15. The van der Waals surface area contributed by atoms with Gasteiger partial charge in [-0.15, -0.1) is 0 Å². The molecule has 0 heterocycles. The fourth-order valence-corrected chi connectivity index (χ4v) is 2.73. The molecule has 0 saturated carbocycles. The van der Waals surface area contributed by atoms with Crippen LogP contribution < -0.4 is 0 Å². The van der Waals surface area contributed by atoms with Crippen LogP contribution in [0.5, 0.6) is 0 Å². The highest BCUT2D eigenvalue weighted by molar-refractivity contribution is 4.59. The van der Waals surface area contributed by atoms with Crippen LogP contribution in [0.3, 0.4) is 0 Å². The molecular formula is C18H37F. The van der Waals surface area contributed by atoms with Crippen molar-refractivity contribution in [3.63, 3.8) is 0 Å². The number of halogens is 1. The van der Waals surface area contributed by atoms with Gasteiger partial charge in [0.25, 0.3) is 0 Å². The molecule has 0 aromatic rings. The molecule has 0 N–H and O–H groups in total. The summed E-state index contributed by atoms with van der Waals surface area (Å²) < 4.78 is 12.9. The van der Waals surface area contributed by atoms with Gasteiger partial charge in [0.1, 0.15) is 0 Å². The highest BCUT2D eigenvalue weighted by atomic mass is 19.1. The summed E-state index contributed by atoms with van der Waals surface area (Å²) >= 11 is 0. The topological polar surface area (TPSA) is 0 Å². The van der Waals surface area contributed by atoms with E-state index in [0.717, 1.165) is 12.8 Å². The van der Waals surface area contributed by atoms with Gasteiger partial charge in [-0.3, -0.25) is 4.39 Å². The van der Waals surface area contributed by atoms with Gasteiger partial charge in [-0.2, -0.15) is 0 Å². The maximum Gasteiger partial charge on any atom is 0.0922 e. The van der Waals surface area contributed by atoms with Crippen molar-refractivity contribution >= 4 is 0 Å². The quantitative estimate of drug-likeness (QED) is 0.280. The minimum Gasteiger partial charge on any atom is -0.251 e. The molecular weight excluding hydrogens is 235 g/mol. The van der Waals surface area contributed by atoms with E-state index in [4.69, 9.17) is 0 Å². The largest absolute Gasteiger partial charge is 0.251 e. The zero-order chi connectivity index (χ0) is 14.2. The zero-order valence-electron chi connectivity index (χ0n) is 13.6. The Morgan fingerprint density at radius 2 is 0.947 bits per heavy atom. The monoisotopic (exact) mass is 272 g/mol. The van der Waals surface area contributed by atoms with Crippen LogP contribution in [0.4, 0.5) is 4.39 Å². The second kappa shape index (κ2) is 16.0. The van der Waals surface area contributed by atoms with E-state index in [0.29, 0.717) is 5.92 Å². The molecule has 0 fully saturated rings. The molecule has 0 radical (unpaired) electrons. The van der Waals surface area contributed by atoms with Crippen molar-refractivity contribution in [1.29, 1.82) is 0 Å². The van der Waals surface area contributed by atoms with Crippen molar-refractivity contribution in [3.05, 3.63) is 0 Å². The van der Waals surface area contributed by atoms with Crippen molar-refractivity contribution in [3.8, 4) is 0 Å². The summed E-state index contributed by atoms with van der Waals surface area (Å²) in [5.74, 6) is 0.359. The molecule has 0 rings (SSSR count). The maximum atomic E-state index is 12.9. The van der Waals surface area contributed by atoms with Gasteiger partial charge in [-0.1, -0.05) is 90.9 Å². The van der Waals surface area contributed by atoms with Crippen molar-refractivity contribution in [2.45, 2.75) is 104 Å². The molecule has 0 aromatic heterocycles. The zero-order valence-corrected chi connectivity index (χ0v) is 13.6. The van der Waals surface area contributed by atoms with Crippen molar-refractivity contribution < 1.29 is 4.39 Å². The van der Waals surface area contributed by atoms with Crippen molar-refractivity contribution in [2.24, 2.45) is 5.92 Å². The first kappa shape index (κ1) is 18.9. The summed E-state index contributed by atoms with van der Waals surface area (Å²) in [6.45, 7) is 4.41. The van der Waals surface area contributed by atoms with Gasteiger partial charge in [-0.05, 0) is 18.8 Å². The Bertz CT molecular complexity index is 140. The van der Waals surface area contributed by atoms with E-state index in [1.165, 1.54) is 77.0 Å². The first-order valence-corrected chi connectivity index (χ1v) is 8.91. The lowest BCUT2D eigenvalue weighted by atomic mass is 9.95. The normalized spacial score (nSPS) is 11.4. The predicted molar refractivity (Wildman–Crippen MR) is 85.5 cm³/mol. The SMILES string of the molecule is CCCCCCCCC(CF)CCCCCCCC. The summed E-state index contributed by atoms with van der Waals surface area (Å²) in [5, 5.41) is 0. The Kier molecular flexibility index (Phi) is 15.9. The van der Waals surface area contributed by atoms with E-state index in [-0.39, 0.29) is 6.67 Å². The van der Waals surface area contributed by atoms with Crippen LogP contribution in [-0.4, -0.2) is 6.67 Å². The van der Waals surface area contributed by atoms with Crippen LogP contribution in [0.2, 0.25) is 0 Å². The lowest BCUT2D eigenvalue weighted by Crippen LogP contribution is -2.03. The van der Waals surface area contributed by atoms with E-state index in [9.17, 15) is 4.39 Å². The number of alkyl halides is 1. The number of hydrogen-bond acceptors (Lipinski definition) is 0. The lowest BCUT2D eigenvalue weighted by molar-refractivity contribution is 0.309. The molecule has 0 saturated heterocycles. The highest BCUT2D eigenvalue weighted by Crippen LogP contribution is 2.19. The Morgan fingerprint density at radius 1 is 0.579 bits per heavy atom. The Hall–Kier alpha value is -0.0700. The summed E-state index contributed by atoms with van der Waals surface area (Å²) in [5.41, 5.74) is 0. The van der Waals surface area contributed by atoms with E-state index in [1.54, 1.807) is 0 Å². The lowest BCUT2D eigenvalue weighted by Gasteiger charge is -2.12. The fourth-order valence-electron chi connectivity index (χ4n) is 2.73. The molecule has 0 aliphatic rings. The van der Waals surface area contributed by atoms with Gasteiger partial charge >= 0.3 is 0 Å². The van der Waals surface area contributed by atoms with E-state index < -0.39 is 0 Å². The third kappa shape index (κ3) is 14.2. The minimum absolute atomic E-state index is 0.0933. The highest BCUT2D eigenvalue weighted by Gasteiger charge is 2.07. The van der Waals surface area contributed by atoms with Crippen molar-refractivity contribution in [1.82, 2.24) is 0 Å². The van der Waals surface area contributed by atoms with Gasteiger partial charge in [0.15, 0.2) is 0 Å². The first-order chi connectivity index (χ1) is 9.35. The van der Waals surface area contributed by atoms with Crippen LogP contribution in [0.25, 0.3) is 0 Å². The maximum absolute atomic E-state index is 12.9. The van der Waals surface area contributed by atoms with Crippen LogP contribution in [0, 0.1) is 5.92 Å². The van der Waals surface area contributed by atoms with Gasteiger partial charge in [0.2, 0.25) is 0 Å². The molecule has 0 aliphatic heterocycles. The van der Waals surface area contributed by atoms with Gasteiger partial charge in [0, 0.05) is 0 Å². The standard InChI is InChI=1S/C18H37F/c1-3-5-7-9-11-13-15-18(17-19)16-14-12-10-8-6-4-2/h18H,3-17H2,1-2H3. The molecule has 0 aromatic carbocycles. The van der Waals surface area contributed by atoms with Crippen LogP contribution in [0.15, 0.2) is 0 Å². The number of hydrogen-bond donors (Lipinski definition) is 0. The second-order valence-electron chi connectivity index (χ2n) is 6.13. The van der Waals surface area contributed by atoms with Crippen LogP contribution in [-0.2, 0) is 0 Å². The Labute approximate surface area is 121 Å². The van der Waals surface area contributed by atoms with Crippen LogP contribution >= 0.6 is 0 Å². The Morgan fingerprint density at radius 3 is 1.32 bits per heavy atom. The van der Waals surface area contributed by atoms with Gasteiger partial charge in [0.05, 0.1) is 6.67 Å². The van der Waals surface area contributed by atoms with Crippen molar-refractivity contribution in [2.75, 3.05) is 6.67 Å². The average Bonchev–Trinajstić information content (AvgIpc) is 2.44. The molecule has 0 aliphatic carbocycles. The molecule has 19 heavy (non-hydrogen) atoms. The second-order valence-corrected chi connectivity index (χ2v) is 6.13. The first-order valence-electron chi connectivity index (χ1n) is 8.91. The third-order valence-electron chi connectivity index (χ3n) is 4.15. The van der Waals surface area contributed by atoms with Gasteiger partial charge in [-0.25, -0.2) is 0 Å². The molecule has 0 atom stereocenters. The van der Waals surface area contributed by atoms with E-state index >= 15 is 0 Å². The molecule has 1 heteroatoms. The molecule has 0 unspecified atom stereocenters. The molecule has 116 valence electrons. The average molecular weight is 272 g/mol. The fraction of sp³-hybridized carbons (Fsp3) is 1.00. The van der Waals surface area contributed by atoms with Crippen LogP contribution in [0.1, 0.15) is 104 Å². The summed E-state index contributed by atoms with van der Waals surface area (Å²) in [4.78, 5) is 0. The number of rotatable bonds is 15. The summed E-state index contributed by atoms with van der Waals surface area (Å²) in [6, 6.07) is 0. The smallest absolute Gasteiger partial charge is 0.0922 e. The van der Waals surface area contributed by atoms with Gasteiger partial charge < -0.3 is 0 Å². The molecule has 0 nitrogen and oxygen atoms in total. The minimum atomic E-state index is -0.0933. The van der Waals surface area contributed by atoms with E-state index in [1.807, 2.05) is 0 Å². The summed E-state index contributed by atoms with van der Waals surface area (Å²) in [7, 11) is 0.